The van der Waals surface area contributed by atoms with E-state index < -0.39 is 0 Å². The maximum Gasteiger partial charge on any atom is 0.216 e. The first-order valence-electron chi connectivity index (χ1n) is 5.36. The average molecular weight is 225 g/mol. The number of nitrogens with one attached hydrogen (secondary N) is 2. The fourth-order valence-electron chi connectivity index (χ4n) is 1.14. The number of aryl methyl sites for hydroxylation is 1. The Hall–Kier alpha value is -1.56. The lowest BCUT2D eigenvalue weighted by Gasteiger charge is -2.11. The van der Waals surface area contributed by atoms with Crippen molar-refractivity contribution in [2.75, 3.05) is 0 Å². The van der Waals surface area contributed by atoms with Gasteiger partial charge in [0.1, 0.15) is 12.3 Å². The van der Waals surface area contributed by atoms with Crippen LogP contribution in [0, 0.1) is 0 Å². The minimum absolute atomic E-state index is 0.269. The number of aromatic nitrogens is 1. The summed E-state index contributed by atoms with van der Waals surface area (Å²) < 4.78 is 5.42. The third kappa shape index (κ3) is 3.90. The molecule has 0 aromatic carbocycles. The molecule has 90 valence electrons. The van der Waals surface area contributed by atoms with Crippen molar-refractivity contribution in [3.63, 3.8) is 0 Å². The van der Waals surface area contributed by atoms with E-state index in [1.807, 2.05) is 20.8 Å². The highest BCUT2D eigenvalue weighted by molar-refractivity contribution is 5.79. The average Bonchev–Trinajstić information content (AvgIpc) is 2.71. The molecule has 0 aliphatic carbocycles. The number of rotatable bonds is 4. The molecular weight excluding hydrogens is 206 g/mol. The van der Waals surface area contributed by atoms with Crippen LogP contribution in [0.3, 0.4) is 0 Å². The van der Waals surface area contributed by atoms with E-state index in [4.69, 9.17) is 10.3 Å². The number of nitrogens with zero attached hydrogens (tertiary/aromatic N) is 2. The number of guanidine groups is 1. The smallest absolute Gasteiger partial charge is 0.216 e. The number of hydrogen-bond donors (Lipinski definition) is 3. The summed E-state index contributed by atoms with van der Waals surface area (Å²) in [5.74, 6) is 7.31. The summed E-state index contributed by atoms with van der Waals surface area (Å²) in [6.07, 6.45) is 2.55. The van der Waals surface area contributed by atoms with E-state index in [-0.39, 0.29) is 6.04 Å². The van der Waals surface area contributed by atoms with Crippen molar-refractivity contribution in [3.05, 3.63) is 17.8 Å². The van der Waals surface area contributed by atoms with E-state index in [9.17, 15) is 0 Å². The van der Waals surface area contributed by atoms with Crippen LogP contribution in [0.15, 0.2) is 15.6 Å². The van der Waals surface area contributed by atoms with E-state index >= 15 is 0 Å². The normalized spacial score (nSPS) is 11.9. The van der Waals surface area contributed by atoms with E-state index in [1.165, 1.54) is 0 Å². The molecule has 0 fully saturated rings. The van der Waals surface area contributed by atoms with Gasteiger partial charge in [0, 0.05) is 12.5 Å². The van der Waals surface area contributed by atoms with Gasteiger partial charge in [0.15, 0.2) is 0 Å². The third-order valence-corrected chi connectivity index (χ3v) is 1.88. The maximum atomic E-state index is 5.42. The molecule has 6 heteroatoms. The lowest BCUT2D eigenvalue weighted by Crippen LogP contribution is -2.44. The van der Waals surface area contributed by atoms with Crippen LogP contribution >= 0.6 is 0 Å². The van der Waals surface area contributed by atoms with Gasteiger partial charge in [-0.1, -0.05) is 6.92 Å². The first kappa shape index (κ1) is 12.5. The second-order valence-corrected chi connectivity index (χ2v) is 3.68. The largest absolute Gasteiger partial charge is 0.444 e. The SMILES string of the molecule is CCc1cnc(CN=C(NN)NC(C)C)o1. The van der Waals surface area contributed by atoms with Crippen molar-refractivity contribution in [1.82, 2.24) is 15.7 Å². The van der Waals surface area contributed by atoms with Crippen LogP contribution in [-0.4, -0.2) is 17.0 Å². The quantitative estimate of drug-likeness (QED) is 0.301. The summed E-state index contributed by atoms with van der Waals surface area (Å²) in [5.41, 5.74) is 2.49. The molecule has 0 amide bonds. The van der Waals surface area contributed by atoms with E-state index in [1.54, 1.807) is 6.20 Å². The highest BCUT2D eigenvalue weighted by Gasteiger charge is 2.03. The van der Waals surface area contributed by atoms with Crippen molar-refractivity contribution in [1.29, 1.82) is 0 Å². The Balaban J connectivity index is 2.55. The van der Waals surface area contributed by atoms with Gasteiger partial charge in [0.2, 0.25) is 11.9 Å². The summed E-state index contributed by atoms with van der Waals surface area (Å²) in [7, 11) is 0. The van der Waals surface area contributed by atoms with Crippen LogP contribution in [0.25, 0.3) is 0 Å². The lowest BCUT2D eigenvalue weighted by atomic mass is 10.4. The van der Waals surface area contributed by atoms with Gasteiger partial charge in [0.05, 0.1) is 6.20 Å². The Labute approximate surface area is 95.3 Å². The molecule has 1 aromatic heterocycles. The van der Waals surface area contributed by atoms with Crippen LogP contribution < -0.4 is 16.6 Å². The molecular formula is C10H19N5O. The topological polar surface area (TPSA) is 88.5 Å². The molecule has 0 radical (unpaired) electrons. The molecule has 0 atom stereocenters. The van der Waals surface area contributed by atoms with Crippen molar-refractivity contribution in [2.24, 2.45) is 10.8 Å². The molecule has 0 aliphatic heterocycles. The van der Waals surface area contributed by atoms with E-state index in [0.29, 0.717) is 18.4 Å². The van der Waals surface area contributed by atoms with Gasteiger partial charge in [-0.2, -0.15) is 0 Å². The Morgan fingerprint density at radius 2 is 2.38 bits per heavy atom. The Bertz CT molecular complexity index is 345. The molecule has 4 N–H and O–H groups in total. The summed E-state index contributed by atoms with van der Waals surface area (Å²) in [4.78, 5) is 8.32. The molecule has 6 nitrogen and oxygen atoms in total. The molecule has 0 aliphatic rings. The van der Waals surface area contributed by atoms with Gasteiger partial charge in [-0.3, -0.25) is 5.43 Å². The molecule has 16 heavy (non-hydrogen) atoms. The van der Waals surface area contributed by atoms with Crippen molar-refractivity contribution >= 4 is 5.96 Å². The highest BCUT2D eigenvalue weighted by atomic mass is 16.4. The number of nitrogens with two attached hydrogens (primary N) is 1. The fraction of sp³-hybridized carbons (Fsp3) is 0.600. The number of hydrazine groups is 1. The van der Waals surface area contributed by atoms with Crippen LogP contribution in [0.4, 0.5) is 0 Å². The second kappa shape index (κ2) is 6.12. The fourth-order valence-corrected chi connectivity index (χ4v) is 1.14. The van der Waals surface area contributed by atoms with Crippen LogP contribution in [-0.2, 0) is 13.0 Å². The zero-order valence-electron chi connectivity index (χ0n) is 9.95. The van der Waals surface area contributed by atoms with E-state index in [0.717, 1.165) is 12.2 Å². The highest BCUT2D eigenvalue weighted by Crippen LogP contribution is 2.04. The Morgan fingerprint density at radius 1 is 1.62 bits per heavy atom. The van der Waals surface area contributed by atoms with Crippen molar-refractivity contribution < 1.29 is 4.42 Å². The van der Waals surface area contributed by atoms with Gasteiger partial charge in [0.25, 0.3) is 0 Å². The molecule has 0 saturated carbocycles. The van der Waals surface area contributed by atoms with Crippen molar-refractivity contribution in [2.45, 2.75) is 39.8 Å². The number of hydrogen-bond acceptors (Lipinski definition) is 4. The summed E-state index contributed by atoms with van der Waals surface area (Å²) in [5, 5.41) is 3.06. The van der Waals surface area contributed by atoms with Crippen LogP contribution in [0.5, 0.6) is 0 Å². The minimum Gasteiger partial charge on any atom is -0.444 e. The predicted molar refractivity (Wildman–Crippen MR) is 62.6 cm³/mol. The number of oxazole rings is 1. The third-order valence-electron chi connectivity index (χ3n) is 1.88. The maximum absolute atomic E-state index is 5.42. The monoisotopic (exact) mass is 225 g/mol. The van der Waals surface area contributed by atoms with Crippen LogP contribution in [0.1, 0.15) is 32.4 Å². The second-order valence-electron chi connectivity index (χ2n) is 3.68. The summed E-state index contributed by atoms with van der Waals surface area (Å²) in [6, 6.07) is 0.269. The molecule has 1 aromatic rings. The van der Waals surface area contributed by atoms with Gasteiger partial charge in [-0.15, -0.1) is 0 Å². The van der Waals surface area contributed by atoms with Crippen molar-refractivity contribution in [3.8, 4) is 0 Å². The number of aliphatic imine (C=N–C) groups is 1. The molecule has 0 bridgehead atoms. The zero-order valence-corrected chi connectivity index (χ0v) is 9.95. The predicted octanol–water partition coefficient (Wildman–Crippen LogP) is 0.554. The zero-order chi connectivity index (χ0) is 12.0. The molecule has 1 heterocycles. The molecule has 0 saturated heterocycles. The Morgan fingerprint density at radius 3 is 2.88 bits per heavy atom. The van der Waals surface area contributed by atoms with Gasteiger partial charge in [-0.25, -0.2) is 15.8 Å². The lowest BCUT2D eigenvalue weighted by molar-refractivity contribution is 0.460. The van der Waals surface area contributed by atoms with Gasteiger partial charge < -0.3 is 9.73 Å². The van der Waals surface area contributed by atoms with Gasteiger partial charge >= 0.3 is 0 Å². The molecule has 1 rings (SSSR count). The first-order valence-corrected chi connectivity index (χ1v) is 5.36. The molecule has 0 spiro atoms. The van der Waals surface area contributed by atoms with Crippen LogP contribution in [0.2, 0.25) is 0 Å². The summed E-state index contributed by atoms with van der Waals surface area (Å²) >= 11 is 0. The molecule has 0 unspecified atom stereocenters. The first-order chi connectivity index (χ1) is 7.65. The standard InChI is InChI=1S/C10H19N5O/c1-4-8-5-12-9(16-8)6-13-10(15-11)14-7(2)3/h5,7H,4,6,11H2,1-3H3,(H2,13,14,15). The van der Waals surface area contributed by atoms with E-state index in [2.05, 4.69) is 20.7 Å². The minimum atomic E-state index is 0.269. The van der Waals surface area contributed by atoms with Gasteiger partial charge in [-0.05, 0) is 13.8 Å². The Kier molecular flexibility index (Phi) is 4.78. The summed E-state index contributed by atoms with van der Waals surface area (Å²) in [6.45, 7) is 6.40.